The van der Waals surface area contributed by atoms with Crippen LogP contribution in [0.1, 0.15) is 18.1 Å². The van der Waals surface area contributed by atoms with Crippen LogP contribution < -0.4 is 5.43 Å². The van der Waals surface area contributed by atoms with E-state index in [1.807, 2.05) is 55.5 Å². The first-order valence-electron chi connectivity index (χ1n) is 7.50. The van der Waals surface area contributed by atoms with Crippen LogP contribution in [-0.2, 0) is 0 Å². The van der Waals surface area contributed by atoms with Gasteiger partial charge in [-0.3, -0.25) is 10.4 Å². The highest BCUT2D eigenvalue weighted by Crippen LogP contribution is 2.28. The maximum absolute atomic E-state index is 6.19. The van der Waals surface area contributed by atoms with E-state index < -0.39 is 0 Å². The molecule has 122 valence electrons. The molecule has 24 heavy (non-hydrogen) atoms. The van der Waals surface area contributed by atoms with Crippen LogP contribution in [0.4, 0.5) is 5.69 Å². The summed E-state index contributed by atoms with van der Waals surface area (Å²) in [5, 5.41) is 4.86. The zero-order chi connectivity index (χ0) is 16.9. The first-order valence-corrected chi connectivity index (χ1v) is 8.41. The Morgan fingerprint density at radius 3 is 2.75 bits per heavy atom. The first kappa shape index (κ1) is 16.7. The van der Waals surface area contributed by atoms with E-state index >= 15 is 0 Å². The second-order valence-electron chi connectivity index (χ2n) is 5.34. The summed E-state index contributed by atoms with van der Waals surface area (Å²) < 4.78 is 0. The number of rotatable bonds is 3. The Labute approximate surface area is 150 Å². The fourth-order valence-corrected chi connectivity index (χ4v) is 2.54. The van der Waals surface area contributed by atoms with Crippen LogP contribution in [0.3, 0.4) is 0 Å². The summed E-state index contributed by atoms with van der Waals surface area (Å²) in [5.74, 6) is 1.03. The van der Waals surface area contributed by atoms with Gasteiger partial charge in [0.1, 0.15) is 5.84 Å². The molecule has 0 amide bonds. The highest BCUT2D eigenvalue weighted by atomic mass is 35.5. The number of nitrogens with one attached hydrogen (secondary N) is 1. The average Bonchev–Trinajstić information content (AvgIpc) is 2.79. The molecule has 0 saturated carbocycles. The second kappa shape index (κ2) is 7.60. The monoisotopic (exact) mass is 358 g/mol. The van der Waals surface area contributed by atoms with Gasteiger partial charge in [0.15, 0.2) is 0 Å². The molecule has 0 aliphatic carbocycles. The number of alkyl halides is 1. The van der Waals surface area contributed by atoms with Gasteiger partial charge in [-0.1, -0.05) is 41.9 Å². The topological polar surface area (TPSA) is 49.1 Å². The van der Waals surface area contributed by atoms with Crippen molar-refractivity contribution in [1.82, 2.24) is 5.43 Å². The minimum absolute atomic E-state index is 0.366. The number of aliphatic imine (C=N–C) groups is 2. The lowest BCUT2D eigenvalue weighted by Gasteiger charge is -2.08. The number of hydrogen-bond acceptors (Lipinski definition) is 4. The molecule has 0 bridgehead atoms. The molecule has 1 aliphatic heterocycles. The van der Waals surface area contributed by atoms with E-state index in [0.29, 0.717) is 23.3 Å². The summed E-state index contributed by atoms with van der Waals surface area (Å²) in [7, 11) is 0. The van der Waals surface area contributed by atoms with E-state index in [2.05, 4.69) is 15.5 Å². The molecule has 2 aromatic carbocycles. The van der Waals surface area contributed by atoms with Gasteiger partial charge in [0.2, 0.25) is 0 Å². The van der Waals surface area contributed by atoms with E-state index in [0.717, 1.165) is 28.2 Å². The number of halogens is 2. The summed E-state index contributed by atoms with van der Waals surface area (Å²) in [5.41, 5.74) is 7.34. The SMILES string of the molecule is CC(CCl)=NNC1=Nc2ccc(Cl)cc2C(c2ccccc2)=NC1. The number of hydrogen-bond donors (Lipinski definition) is 1. The number of fused-ring (bicyclic) bond motifs is 1. The normalized spacial score (nSPS) is 14.4. The van der Waals surface area contributed by atoms with Crippen molar-refractivity contribution < 1.29 is 0 Å². The van der Waals surface area contributed by atoms with Crippen molar-refractivity contribution in [3.8, 4) is 0 Å². The molecule has 1 N–H and O–H groups in total. The smallest absolute Gasteiger partial charge is 0.144 e. The van der Waals surface area contributed by atoms with Gasteiger partial charge in [-0.2, -0.15) is 5.10 Å². The van der Waals surface area contributed by atoms with E-state index in [4.69, 9.17) is 28.2 Å². The van der Waals surface area contributed by atoms with Crippen molar-refractivity contribution in [3.05, 3.63) is 64.7 Å². The Hall–Kier alpha value is -2.17. The molecule has 0 atom stereocenters. The van der Waals surface area contributed by atoms with Gasteiger partial charge in [0.05, 0.1) is 23.8 Å². The summed E-state index contributed by atoms with van der Waals surface area (Å²) in [6.07, 6.45) is 0. The third kappa shape index (κ3) is 3.83. The van der Waals surface area contributed by atoms with Gasteiger partial charge < -0.3 is 0 Å². The lowest BCUT2D eigenvalue weighted by atomic mass is 10.0. The Morgan fingerprint density at radius 2 is 2.00 bits per heavy atom. The van der Waals surface area contributed by atoms with E-state index in [-0.39, 0.29) is 0 Å². The largest absolute Gasteiger partial charge is 0.276 e. The highest BCUT2D eigenvalue weighted by Gasteiger charge is 2.16. The Morgan fingerprint density at radius 1 is 1.21 bits per heavy atom. The zero-order valence-electron chi connectivity index (χ0n) is 13.1. The fourth-order valence-electron chi connectivity index (χ4n) is 2.31. The lowest BCUT2D eigenvalue weighted by Crippen LogP contribution is -2.22. The standard InChI is InChI=1S/C18H16Cl2N4/c1-12(10-19)23-24-17-11-21-18(13-5-3-2-4-6-13)15-9-14(20)7-8-16(15)22-17/h2-9H,10-11H2,1H3,(H,22,24). The number of nitrogens with zero attached hydrogens (tertiary/aromatic N) is 3. The summed E-state index contributed by atoms with van der Waals surface area (Å²) in [4.78, 5) is 9.37. The molecule has 3 rings (SSSR count). The molecule has 0 fully saturated rings. The molecule has 0 aromatic heterocycles. The molecular weight excluding hydrogens is 343 g/mol. The number of amidine groups is 1. The fraction of sp³-hybridized carbons (Fsp3) is 0.167. The van der Waals surface area contributed by atoms with Crippen LogP contribution >= 0.6 is 23.2 Å². The summed E-state index contributed by atoms with van der Waals surface area (Å²) in [6.45, 7) is 2.25. The molecule has 0 saturated heterocycles. The average molecular weight is 359 g/mol. The zero-order valence-corrected chi connectivity index (χ0v) is 14.6. The molecule has 2 aromatic rings. The molecule has 4 nitrogen and oxygen atoms in total. The van der Waals surface area contributed by atoms with Crippen LogP contribution in [0.5, 0.6) is 0 Å². The van der Waals surface area contributed by atoms with Gasteiger partial charge in [-0.25, -0.2) is 4.99 Å². The summed E-state index contributed by atoms with van der Waals surface area (Å²) >= 11 is 11.9. The third-order valence-electron chi connectivity index (χ3n) is 3.47. The maximum atomic E-state index is 6.19. The molecule has 0 spiro atoms. The Bertz CT molecular complexity index is 826. The number of benzene rings is 2. The molecule has 0 unspecified atom stereocenters. The van der Waals surface area contributed by atoms with Gasteiger partial charge in [0.25, 0.3) is 0 Å². The minimum Gasteiger partial charge on any atom is -0.276 e. The van der Waals surface area contributed by atoms with Gasteiger partial charge >= 0.3 is 0 Å². The second-order valence-corrected chi connectivity index (χ2v) is 6.05. The molecule has 1 heterocycles. The van der Waals surface area contributed by atoms with Crippen LogP contribution in [0, 0.1) is 0 Å². The third-order valence-corrected chi connectivity index (χ3v) is 4.09. The highest BCUT2D eigenvalue weighted by molar-refractivity contribution is 6.31. The molecular formula is C18H16Cl2N4. The van der Waals surface area contributed by atoms with Gasteiger partial charge in [-0.15, -0.1) is 11.6 Å². The summed E-state index contributed by atoms with van der Waals surface area (Å²) in [6, 6.07) is 15.6. The van der Waals surface area contributed by atoms with Gasteiger partial charge in [-0.05, 0) is 25.1 Å². The first-order chi connectivity index (χ1) is 11.7. The molecule has 6 heteroatoms. The predicted molar refractivity (Wildman–Crippen MR) is 102 cm³/mol. The van der Waals surface area contributed by atoms with Crippen molar-refractivity contribution in [2.24, 2.45) is 15.1 Å². The minimum atomic E-state index is 0.366. The lowest BCUT2D eigenvalue weighted by molar-refractivity contribution is 0.987. The predicted octanol–water partition coefficient (Wildman–Crippen LogP) is 4.43. The maximum Gasteiger partial charge on any atom is 0.144 e. The van der Waals surface area contributed by atoms with Crippen molar-refractivity contribution in [1.29, 1.82) is 0 Å². The van der Waals surface area contributed by atoms with E-state index in [1.165, 1.54) is 0 Å². The van der Waals surface area contributed by atoms with Crippen molar-refractivity contribution >= 4 is 46.1 Å². The quantitative estimate of drug-likeness (QED) is 0.492. The number of hydrazone groups is 1. The van der Waals surface area contributed by atoms with Crippen LogP contribution in [0.25, 0.3) is 0 Å². The van der Waals surface area contributed by atoms with Crippen LogP contribution in [-0.4, -0.2) is 29.7 Å². The van der Waals surface area contributed by atoms with Crippen molar-refractivity contribution in [2.75, 3.05) is 12.4 Å². The van der Waals surface area contributed by atoms with Crippen molar-refractivity contribution in [2.45, 2.75) is 6.92 Å². The van der Waals surface area contributed by atoms with E-state index in [1.54, 1.807) is 0 Å². The van der Waals surface area contributed by atoms with Gasteiger partial charge in [0, 0.05) is 21.9 Å². The van der Waals surface area contributed by atoms with Crippen molar-refractivity contribution in [3.63, 3.8) is 0 Å². The van der Waals surface area contributed by atoms with E-state index in [9.17, 15) is 0 Å². The van der Waals surface area contributed by atoms with Crippen LogP contribution in [0.15, 0.2) is 63.6 Å². The molecule has 0 radical (unpaired) electrons. The van der Waals surface area contributed by atoms with Crippen LogP contribution in [0.2, 0.25) is 5.02 Å². The Balaban J connectivity index is 2.04. The molecule has 1 aliphatic rings. The Kier molecular flexibility index (Phi) is 5.28.